The quantitative estimate of drug-likeness (QED) is 0.759. The topological polar surface area (TPSA) is 12.5 Å². The number of rotatable bonds is 3. The fourth-order valence-corrected chi connectivity index (χ4v) is 2.69. The van der Waals surface area contributed by atoms with Gasteiger partial charge in [0, 0.05) is 16.0 Å². The second-order valence-electron chi connectivity index (χ2n) is 4.54. The van der Waals surface area contributed by atoms with E-state index in [9.17, 15) is 0 Å². The predicted molar refractivity (Wildman–Crippen MR) is 82.1 cm³/mol. The van der Waals surface area contributed by atoms with E-state index in [1.54, 1.807) is 0 Å². The van der Waals surface area contributed by atoms with Gasteiger partial charge in [0.25, 0.3) is 0 Å². The van der Waals surface area contributed by atoms with Crippen LogP contribution >= 0.6 is 35.0 Å². The van der Waals surface area contributed by atoms with Crippen molar-refractivity contribution in [2.75, 3.05) is 26.7 Å². The van der Waals surface area contributed by atoms with Crippen molar-refractivity contribution in [3.8, 4) is 5.75 Å². The highest BCUT2D eigenvalue weighted by molar-refractivity contribution is 14.1. The number of halogens is 2. The van der Waals surface area contributed by atoms with Crippen molar-refractivity contribution >= 4 is 35.0 Å². The molecule has 0 amide bonds. The van der Waals surface area contributed by atoms with Crippen LogP contribution < -0.4 is 4.74 Å². The Morgan fingerprint density at radius 2 is 2.29 bits per heavy atom. The monoisotopic (exact) mass is 367 g/mol. The van der Waals surface area contributed by atoms with Gasteiger partial charge in [0.05, 0.1) is 6.61 Å². The Morgan fingerprint density at radius 3 is 3.00 bits per heavy atom. The van der Waals surface area contributed by atoms with Gasteiger partial charge in [0.1, 0.15) is 5.75 Å². The Labute approximate surface area is 123 Å². The lowest BCUT2D eigenvalue weighted by atomic mass is 10.00. The molecule has 1 aromatic rings. The molecule has 0 aliphatic carbocycles. The van der Waals surface area contributed by atoms with Crippen molar-refractivity contribution < 1.29 is 4.74 Å². The van der Waals surface area contributed by atoms with Crippen LogP contribution in [0.3, 0.4) is 0 Å². The number of hydrogen-bond acceptors (Lipinski definition) is 2. The summed E-state index contributed by atoms with van der Waals surface area (Å²) in [5.74, 6) is 1.69. The van der Waals surface area contributed by atoms with Gasteiger partial charge >= 0.3 is 0 Å². The molecule has 0 aromatic heterocycles. The van der Waals surface area contributed by atoms with Crippen LogP contribution in [0, 0.1) is 9.49 Å². The molecular weight excluding hydrogens is 349 g/mol. The molecule has 1 fully saturated rings. The van der Waals surface area contributed by atoms with Gasteiger partial charge in [-0.15, -0.1) is 12.4 Å². The van der Waals surface area contributed by atoms with E-state index in [1.807, 2.05) is 12.1 Å². The average Bonchev–Trinajstić information content (AvgIpc) is 2.27. The lowest BCUT2D eigenvalue weighted by Gasteiger charge is -2.29. The van der Waals surface area contributed by atoms with Crippen molar-refractivity contribution in [1.29, 1.82) is 0 Å². The third-order valence-corrected chi connectivity index (χ3v) is 3.67. The van der Waals surface area contributed by atoms with Crippen LogP contribution in [-0.4, -0.2) is 31.6 Å². The third kappa shape index (κ3) is 5.02. The van der Waals surface area contributed by atoms with E-state index in [1.165, 1.54) is 29.5 Å². The summed E-state index contributed by atoms with van der Waals surface area (Å²) in [4.78, 5) is 2.40. The molecule has 1 atom stereocenters. The third-order valence-electron chi connectivity index (χ3n) is 3.00. The molecule has 1 aromatic carbocycles. The summed E-state index contributed by atoms with van der Waals surface area (Å²) < 4.78 is 7.08. The molecule has 0 bridgehead atoms. The minimum Gasteiger partial charge on any atom is -0.493 e. The van der Waals surface area contributed by atoms with Crippen molar-refractivity contribution in [1.82, 2.24) is 4.90 Å². The van der Waals surface area contributed by atoms with E-state index >= 15 is 0 Å². The minimum absolute atomic E-state index is 0. The molecule has 1 saturated heterocycles. The molecule has 1 heterocycles. The maximum atomic E-state index is 5.84. The molecule has 2 rings (SSSR count). The van der Waals surface area contributed by atoms with E-state index < -0.39 is 0 Å². The average molecular weight is 368 g/mol. The first kappa shape index (κ1) is 15.1. The standard InChI is InChI=1S/C13H18INO.ClH/c1-15-7-3-4-11(9-15)10-16-13-6-2-5-12(14)8-13;/h2,5-6,8,11H,3-4,7,9-10H2,1H3;1H/t11-;/m1./s1. The molecule has 96 valence electrons. The number of nitrogens with zero attached hydrogens (tertiary/aromatic N) is 1. The fourth-order valence-electron chi connectivity index (χ4n) is 2.18. The number of likely N-dealkylation sites (tertiary alicyclic amines) is 1. The van der Waals surface area contributed by atoms with E-state index in [2.05, 4.69) is 46.7 Å². The van der Waals surface area contributed by atoms with Crippen molar-refractivity contribution in [2.45, 2.75) is 12.8 Å². The zero-order chi connectivity index (χ0) is 11.4. The molecule has 0 N–H and O–H groups in total. The van der Waals surface area contributed by atoms with E-state index in [-0.39, 0.29) is 12.4 Å². The predicted octanol–water partition coefficient (Wildman–Crippen LogP) is 3.43. The van der Waals surface area contributed by atoms with Gasteiger partial charge in [-0.05, 0) is 67.2 Å². The highest BCUT2D eigenvalue weighted by atomic mass is 127. The largest absolute Gasteiger partial charge is 0.493 e. The highest BCUT2D eigenvalue weighted by Crippen LogP contribution is 2.19. The Kier molecular flexibility index (Phi) is 6.59. The van der Waals surface area contributed by atoms with E-state index in [4.69, 9.17) is 4.74 Å². The summed E-state index contributed by atoms with van der Waals surface area (Å²) in [6, 6.07) is 8.26. The molecular formula is C13H19ClINO. The van der Waals surface area contributed by atoms with Gasteiger partial charge in [-0.1, -0.05) is 6.07 Å². The molecule has 0 spiro atoms. The first-order valence-corrected chi connectivity index (χ1v) is 6.89. The normalized spacial score (nSPS) is 20.7. The van der Waals surface area contributed by atoms with Crippen LogP contribution in [0.1, 0.15) is 12.8 Å². The summed E-state index contributed by atoms with van der Waals surface area (Å²) in [6.45, 7) is 3.26. The van der Waals surface area contributed by atoms with Gasteiger partial charge in [0.2, 0.25) is 0 Å². The first-order valence-electron chi connectivity index (χ1n) is 5.81. The Hall–Kier alpha value is -0.0000000000000000555. The van der Waals surface area contributed by atoms with E-state index in [0.29, 0.717) is 5.92 Å². The van der Waals surface area contributed by atoms with Gasteiger partial charge in [-0.3, -0.25) is 0 Å². The Bertz CT molecular complexity index is 348. The van der Waals surface area contributed by atoms with Crippen LogP contribution in [0.15, 0.2) is 24.3 Å². The highest BCUT2D eigenvalue weighted by Gasteiger charge is 2.17. The molecule has 0 radical (unpaired) electrons. The molecule has 0 unspecified atom stereocenters. The number of ether oxygens (including phenoxy) is 1. The molecule has 4 heteroatoms. The van der Waals surface area contributed by atoms with Gasteiger partial charge in [-0.2, -0.15) is 0 Å². The zero-order valence-electron chi connectivity index (χ0n) is 10.1. The second-order valence-corrected chi connectivity index (χ2v) is 5.78. The lowest BCUT2D eigenvalue weighted by Crippen LogP contribution is -2.34. The van der Waals surface area contributed by atoms with Gasteiger partial charge in [-0.25, -0.2) is 0 Å². The van der Waals surface area contributed by atoms with Crippen LogP contribution in [-0.2, 0) is 0 Å². The zero-order valence-corrected chi connectivity index (χ0v) is 13.0. The van der Waals surface area contributed by atoms with E-state index in [0.717, 1.165) is 12.4 Å². The SMILES string of the molecule is CN1CCC[C@@H](COc2cccc(I)c2)C1.Cl. The summed E-state index contributed by atoms with van der Waals surface area (Å²) in [5.41, 5.74) is 0. The first-order chi connectivity index (χ1) is 7.74. The van der Waals surface area contributed by atoms with Crippen LogP contribution in [0.2, 0.25) is 0 Å². The molecule has 1 aliphatic rings. The fraction of sp³-hybridized carbons (Fsp3) is 0.538. The summed E-state index contributed by atoms with van der Waals surface area (Å²) in [7, 11) is 2.19. The van der Waals surface area contributed by atoms with Gasteiger partial charge in [0.15, 0.2) is 0 Å². The van der Waals surface area contributed by atoms with Crippen LogP contribution in [0.5, 0.6) is 5.75 Å². The Morgan fingerprint density at radius 1 is 1.47 bits per heavy atom. The van der Waals surface area contributed by atoms with Crippen molar-refractivity contribution in [2.24, 2.45) is 5.92 Å². The maximum Gasteiger partial charge on any atom is 0.120 e. The smallest absolute Gasteiger partial charge is 0.120 e. The van der Waals surface area contributed by atoms with Crippen LogP contribution in [0.25, 0.3) is 0 Å². The van der Waals surface area contributed by atoms with Gasteiger partial charge < -0.3 is 9.64 Å². The molecule has 2 nitrogen and oxygen atoms in total. The number of hydrogen-bond donors (Lipinski definition) is 0. The maximum absolute atomic E-state index is 5.84. The molecule has 0 saturated carbocycles. The van der Waals surface area contributed by atoms with Crippen LogP contribution in [0.4, 0.5) is 0 Å². The second kappa shape index (κ2) is 7.44. The molecule has 1 aliphatic heterocycles. The number of piperidine rings is 1. The van der Waals surface area contributed by atoms with Crippen molar-refractivity contribution in [3.63, 3.8) is 0 Å². The summed E-state index contributed by atoms with van der Waals surface area (Å²) in [6.07, 6.45) is 2.60. The summed E-state index contributed by atoms with van der Waals surface area (Å²) in [5, 5.41) is 0. The summed E-state index contributed by atoms with van der Waals surface area (Å²) >= 11 is 2.31. The minimum atomic E-state index is 0. The molecule has 17 heavy (non-hydrogen) atoms. The Balaban J connectivity index is 0.00000144. The van der Waals surface area contributed by atoms with Crippen molar-refractivity contribution in [3.05, 3.63) is 27.8 Å². The lowest BCUT2D eigenvalue weighted by molar-refractivity contribution is 0.150. The number of benzene rings is 1.